The molecule has 0 aromatic heterocycles. The zero-order chi connectivity index (χ0) is 22.8. The van der Waals surface area contributed by atoms with E-state index in [9.17, 15) is 18.4 Å². The molecule has 0 heterocycles. The topological polar surface area (TPSA) is 49.4 Å². The van der Waals surface area contributed by atoms with Crippen LogP contribution in [0.2, 0.25) is 5.02 Å². The number of halogens is 3. The number of rotatable bonds is 11. The van der Waals surface area contributed by atoms with Crippen molar-refractivity contribution in [3.05, 3.63) is 70.2 Å². The molecule has 0 spiro atoms. The molecule has 168 valence electrons. The minimum absolute atomic E-state index is 0.00565. The van der Waals surface area contributed by atoms with Crippen LogP contribution in [-0.2, 0) is 21.9 Å². The van der Waals surface area contributed by atoms with E-state index in [0.717, 1.165) is 12.8 Å². The first-order valence-electron chi connectivity index (χ1n) is 10.2. The van der Waals surface area contributed by atoms with Crippen LogP contribution in [-0.4, -0.2) is 35.1 Å². The van der Waals surface area contributed by atoms with E-state index in [-0.39, 0.29) is 29.9 Å². The van der Waals surface area contributed by atoms with Crippen molar-refractivity contribution in [2.45, 2.75) is 45.0 Å². The highest BCUT2D eigenvalue weighted by Gasteiger charge is 2.26. The van der Waals surface area contributed by atoms with E-state index in [1.807, 2.05) is 6.92 Å². The van der Waals surface area contributed by atoms with Crippen LogP contribution in [0.4, 0.5) is 8.78 Å². The number of amides is 2. The summed E-state index contributed by atoms with van der Waals surface area (Å²) in [6, 6.07) is 9.81. The highest BCUT2D eigenvalue weighted by atomic mass is 35.5. The zero-order valence-electron chi connectivity index (χ0n) is 17.7. The van der Waals surface area contributed by atoms with Gasteiger partial charge < -0.3 is 10.2 Å². The molecule has 0 aliphatic heterocycles. The van der Waals surface area contributed by atoms with Crippen molar-refractivity contribution in [3.8, 4) is 0 Å². The van der Waals surface area contributed by atoms with Crippen LogP contribution in [0.3, 0.4) is 0 Å². The third kappa shape index (κ3) is 7.51. The van der Waals surface area contributed by atoms with E-state index in [0.29, 0.717) is 22.7 Å². The fourth-order valence-electron chi connectivity index (χ4n) is 2.92. The van der Waals surface area contributed by atoms with Gasteiger partial charge in [0.2, 0.25) is 11.8 Å². The number of hydrogen-bond acceptors (Lipinski definition) is 3. The molecular formula is C23H27ClF2N2O2S. The summed E-state index contributed by atoms with van der Waals surface area (Å²) in [5, 5.41) is 3.11. The number of thioether (sulfide) groups is 1. The molecule has 2 amide bonds. The zero-order valence-corrected chi connectivity index (χ0v) is 19.2. The maximum Gasteiger partial charge on any atom is 0.242 e. The molecule has 1 atom stereocenters. The fourth-order valence-corrected chi connectivity index (χ4v) is 4.17. The molecule has 0 unspecified atom stereocenters. The summed E-state index contributed by atoms with van der Waals surface area (Å²) in [6.45, 7) is 4.12. The number of nitrogens with zero attached hydrogens (tertiary/aromatic N) is 1. The summed E-state index contributed by atoms with van der Waals surface area (Å²) in [4.78, 5) is 26.9. The number of hydrogen-bond donors (Lipinski definition) is 1. The Morgan fingerprint density at radius 3 is 2.52 bits per heavy atom. The average Bonchev–Trinajstić information content (AvgIpc) is 2.74. The summed E-state index contributed by atoms with van der Waals surface area (Å²) < 4.78 is 28.1. The van der Waals surface area contributed by atoms with E-state index >= 15 is 0 Å². The summed E-state index contributed by atoms with van der Waals surface area (Å²) in [5.74, 6) is -1.28. The van der Waals surface area contributed by atoms with E-state index in [1.54, 1.807) is 31.2 Å². The first-order chi connectivity index (χ1) is 14.8. The molecule has 0 bridgehead atoms. The highest BCUT2D eigenvalue weighted by Crippen LogP contribution is 2.24. The van der Waals surface area contributed by atoms with Gasteiger partial charge in [0.15, 0.2) is 0 Å². The fraction of sp³-hybridized carbons (Fsp3) is 0.391. The van der Waals surface area contributed by atoms with Gasteiger partial charge >= 0.3 is 0 Å². The number of carbonyl (C=O) groups excluding carboxylic acids is 2. The van der Waals surface area contributed by atoms with E-state index in [1.165, 1.54) is 34.9 Å². The smallest absolute Gasteiger partial charge is 0.242 e. The Hall–Kier alpha value is -2.12. The van der Waals surface area contributed by atoms with Gasteiger partial charge in [0.1, 0.15) is 17.7 Å². The van der Waals surface area contributed by atoms with Crippen LogP contribution in [0.1, 0.15) is 37.8 Å². The van der Waals surface area contributed by atoms with E-state index in [2.05, 4.69) is 5.32 Å². The SMILES string of the molecule is CCCCNC(=O)[C@H](C)N(Cc1ccccc1F)C(=O)CSCc1c(F)cccc1Cl. The van der Waals surface area contributed by atoms with Crippen molar-refractivity contribution >= 4 is 35.2 Å². The lowest BCUT2D eigenvalue weighted by Gasteiger charge is -2.29. The first-order valence-corrected chi connectivity index (χ1v) is 11.7. The Balaban J connectivity index is 2.09. The Labute approximate surface area is 191 Å². The summed E-state index contributed by atoms with van der Waals surface area (Å²) in [5.41, 5.74) is 0.652. The number of nitrogens with one attached hydrogen (secondary N) is 1. The lowest BCUT2D eigenvalue weighted by molar-refractivity contribution is -0.138. The van der Waals surface area contributed by atoms with Crippen molar-refractivity contribution < 1.29 is 18.4 Å². The lowest BCUT2D eigenvalue weighted by Crippen LogP contribution is -2.48. The number of benzene rings is 2. The summed E-state index contributed by atoms with van der Waals surface area (Å²) in [6.07, 6.45) is 1.76. The Bertz CT molecular complexity index is 877. The molecule has 1 N–H and O–H groups in total. The van der Waals surface area contributed by atoms with Gasteiger partial charge in [-0.3, -0.25) is 9.59 Å². The second-order valence-electron chi connectivity index (χ2n) is 7.13. The molecular weight excluding hydrogens is 442 g/mol. The molecule has 0 radical (unpaired) electrons. The van der Waals surface area contributed by atoms with Crippen LogP contribution in [0, 0.1) is 11.6 Å². The van der Waals surface area contributed by atoms with Crippen LogP contribution >= 0.6 is 23.4 Å². The third-order valence-electron chi connectivity index (χ3n) is 4.83. The quantitative estimate of drug-likeness (QED) is 0.462. The molecule has 4 nitrogen and oxygen atoms in total. The molecule has 31 heavy (non-hydrogen) atoms. The van der Waals surface area contributed by atoms with Crippen LogP contribution in [0.5, 0.6) is 0 Å². The molecule has 2 aromatic carbocycles. The molecule has 2 aromatic rings. The van der Waals surface area contributed by atoms with E-state index < -0.39 is 17.7 Å². The lowest BCUT2D eigenvalue weighted by atomic mass is 10.1. The highest BCUT2D eigenvalue weighted by molar-refractivity contribution is 7.99. The van der Waals surface area contributed by atoms with Gasteiger partial charge in [-0.2, -0.15) is 0 Å². The van der Waals surface area contributed by atoms with Gasteiger partial charge in [-0.1, -0.05) is 49.2 Å². The minimum Gasteiger partial charge on any atom is -0.354 e. The van der Waals surface area contributed by atoms with Gasteiger partial charge in [0.25, 0.3) is 0 Å². The predicted molar refractivity (Wildman–Crippen MR) is 122 cm³/mol. The normalized spacial score (nSPS) is 11.8. The molecule has 0 aliphatic carbocycles. The van der Waals surface area contributed by atoms with Crippen molar-refractivity contribution in [2.75, 3.05) is 12.3 Å². The molecule has 8 heteroatoms. The van der Waals surface area contributed by atoms with Crippen LogP contribution in [0.25, 0.3) is 0 Å². The number of unbranched alkanes of at least 4 members (excludes halogenated alkanes) is 1. The first kappa shape index (κ1) is 25.1. The standard InChI is InChI=1S/C23H27ClF2N2O2S/c1-3-4-12-27-23(30)16(2)28(13-17-8-5-6-10-20(17)25)22(29)15-31-14-18-19(24)9-7-11-21(18)26/h5-11,16H,3-4,12-15H2,1-2H3,(H,27,30)/t16-/m0/s1. The monoisotopic (exact) mass is 468 g/mol. The van der Waals surface area contributed by atoms with Crippen molar-refractivity contribution in [3.63, 3.8) is 0 Å². The largest absolute Gasteiger partial charge is 0.354 e. The number of carbonyl (C=O) groups is 2. The van der Waals surface area contributed by atoms with Crippen molar-refractivity contribution in [1.29, 1.82) is 0 Å². The summed E-state index contributed by atoms with van der Waals surface area (Å²) >= 11 is 7.24. The Kier molecular flexibility index (Phi) is 10.3. The van der Waals surface area contributed by atoms with E-state index in [4.69, 9.17) is 11.6 Å². The maximum absolute atomic E-state index is 14.2. The molecule has 0 fully saturated rings. The van der Waals surface area contributed by atoms with Gasteiger partial charge in [0, 0.05) is 35.0 Å². The van der Waals surface area contributed by atoms with Gasteiger partial charge in [-0.15, -0.1) is 11.8 Å². The predicted octanol–water partition coefficient (Wildman–Crippen LogP) is 5.19. The maximum atomic E-state index is 14.2. The third-order valence-corrected chi connectivity index (χ3v) is 6.13. The Morgan fingerprint density at radius 1 is 1.13 bits per heavy atom. The van der Waals surface area contributed by atoms with Gasteiger partial charge in [-0.05, 0) is 31.5 Å². The minimum atomic E-state index is -0.776. The van der Waals surface area contributed by atoms with Crippen LogP contribution < -0.4 is 5.32 Å². The van der Waals surface area contributed by atoms with Gasteiger partial charge in [-0.25, -0.2) is 8.78 Å². The van der Waals surface area contributed by atoms with Gasteiger partial charge in [0.05, 0.1) is 5.75 Å². The summed E-state index contributed by atoms with van der Waals surface area (Å²) in [7, 11) is 0. The van der Waals surface area contributed by atoms with Crippen molar-refractivity contribution in [1.82, 2.24) is 10.2 Å². The second kappa shape index (κ2) is 12.7. The molecule has 0 saturated carbocycles. The molecule has 0 saturated heterocycles. The van der Waals surface area contributed by atoms with Crippen molar-refractivity contribution in [2.24, 2.45) is 0 Å². The van der Waals surface area contributed by atoms with Crippen LogP contribution in [0.15, 0.2) is 42.5 Å². The Morgan fingerprint density at radius 2 is 1.84 bits per heavy atom. The second-order valence-corrected chi connectivity index (χ2v) is 8.52. The molecule has 0 aliphatic rings. The molecule has 2 rings (SSSR count). The average molecular weight is 469 g/mol.